The largest absolute Gasteiger partial charge is 0.481 e. The van der Waals surface area contributed by atoms with Gasteiger partial charge in [-0.25, -0.2) is 4.79 Å². The molecule has 198 valence electrons. The Kier molecular flexibility index (Phi) is 13.0. The number of amides is 4. The molecule has 13 nitrogen and oxygen atoms in total. The monoisotopic (exact) mass is 525 g/mol. The van der Waals surface area contributed by atoms with Gasteiger partial charge < -0.3 is 37.6 Å². The highest BCUT2D eigenvalue weighted by molar-refractivity contribution is 7.80. The summed E-state index contributed by atoms with van der Waals surface area (Å²) >= 11 is 4.05. The minimum Gasteiger partial charge on any atom is -0.481 e. The summed E-state index contributed by atoms with van der Waals surface area (Å²) in [5.74, 6) is -5.90. The normalized spacial score (nSPS) is 13.9. The van der Waals surface area contributed by atoms with Gasteiger partial charge in [-0.1, -0.05) is 30.3 Å². The molecule has 0 aromatic heterocycles. The van der Waals surface area contributed by atoms with E-state index in [1.165, 1.54) is 0 Å². The van der Waals surface area contributed by atoms with Crippen molar-refractivity contribution in [3.63, 3.8) is 0 Å². The maximum absolute atomic E-state index is 12.8. The number of primary amides is 1. The van der Waals surface area contributed by atoms with E-state index in [0.717, 1.165) is 0 Å². The number of rotatable bonds is 16. The molecule has 0 radical (unpaired) electrons. The molecule has 0 spiro atoms. The molecule has 0 aliphatic heterocycles. The number of hydrogen-bond acceptors (Lipinski definition) is 8. The Morgan fingerprint density at radius 2 is 1.36 bits per heavy atom. The quantitative estimate of drug-likeness (QED) is 0.113. The van der Waals surface area contributed by atoms with Crippen LogP contribution < -0.4 is 27.4 Å². The molecule has 14 heteroatoms. The number of nitrogens with one attached hydrogen (secondary N) is 3. The molecule has 4 amide bonds. The first-order valence-electron chi connectivity index (χ1n) is 11.0. The molecule has 0 aliphatic carbocycles. The predicted molar refractivity (Wildman–Crippen MR) is 131 cm³/mol. The van der Waals surface area contributed by atoms with E-state index >= 15 is 0 Å². The van der Waals surface area contributed by atoms with Gasteiger partial charge in [0.15, 0.2) is 0 Å². The first kappa shape index (κ1) is 30.4. The van der Waals surface area contributed by atoms with Crippen LogP contribution in [0.2, 0.25) is 0 Å². The molecular weight excluding hydrogens is 494 g/mol. The molecule has 0 heterocycles. The maximum atomic E-state index is 12.8. The average Bonchev–Trinajstić information content (AvgIpc) is 2.82. The predicted octanol–water partition coefficient (Wildman–Crippen LogP) is -1.84. The van der Waals surface area contributed by atoms with Crippen molar-refractivity contribution in [2.45, 2.75) is 56.3 Å². The average molecular weight is 526 g/mol. The summed E-state index contributed by atoms with van der Waals surface area (Å²) in [6.45, 7) is 0. The van der Waals surface area contributed by atoms with Crippen molar-refractivity contribution >= 4 is 48.2 Å². The Hall–Kier alpha value is -3.65. The van der Waals surface area contributed by atoms with Crippen LogP contribution >= 0.6 is 12.6 Å². The second-order valence-corrected chi connectivity index (χ2v) is 8.30. The fraction of sp³-hybridized carbons (Fsp3) is 0.455. The molecule has 1 aromatic rings. The van der Waals surface area contributed by atoms with Gasteiger partial charge in [-0.3, -0.25) is 24.0 Å². The SMILES string of the molecule is NC(=O)CCC(NC(=O)C(N)CCC(=O)O)C(=O)NC(CS)C(=O)NC(Cc1ccccc1)C(=O)O. The van der Waals surface area contributed by atoms with E-state index in [0.29, 0.717) is 5.56 Å². The minimum absolute atomic E-state index is 0.000671. The molecular formula is C22H31N5O8S. The van der Waals surface area contributed by atoms with E-state index in [1.807, 2.05) is 0 Å². The van der Waals surface area contributed by atoms with Crippen LogP contribution in [0, 0.1) is 0 Å². The molecule has 0 bridgehead atoms. The Balaban J connectivity index is 2.88. The van der Waals surface area contributed by atoms with Gasteiger partial charge >= 0.3 is 11.9 Å². The fourth-order valence-electron chi connectivity index (χ4n) is 3.03. The lowest BCUT2D eigenvalue weighted by Gasteiger charge is -2.24. The third-order valence-corrected chi connectivity index (χ3v) is 5.40. The van der Waals surface area contributed by atoms with Crippen molar-refractivity contribution in [1.82, 2.24) is 16.0 Å². The van der Waals surface area contributed by atoms with Crippen LogP contribution in [-0.2, 0) is 35.2 Å². The van der Waals surface area contributed by atoms with E-state index in [4.69, 9.17) is 16.6 Å². The Morgan fingerprint density at radius 1 is 0.806 bits per heavy atom. The number of carboxylic acids is 2. The van der Waals surface area contributed by atoms with E-state index < -0.39 is 59.7 Å². The summed E-state index contributed by atoms with van der Waals surface area (Å²) in [5.41, 5.74) is 11.5. The highest BCUT2D eigenvalue weighted by atomic mass is 32.1. The van der Waals surface area contributed by atoms with Crippen LogP contribution in [0.5, 0.6) is 0 Å². The van der Waals surface area contributed by atoms with Crippen LogP contribution in [0.15, 0.2) is 30.3 Å². The smallest absolute Gasteiger partial charge is 0.326 e. The van der Waals surface area contributed by atoms with Gasteiger partial charge in [-0.2, -0.15) is 12.6 Å². The lowest BCUT2D eigenvalue weighted by molar-refractivity contribution is -0.142. The van der Waals surface area contributed by atoms with E-state index in [2.05, 4.69) is 28.6 Å². The van der Waals surface area contributed by atoms with Crippen molar-refractivity contribution < 1.29 is 39.0 Å². The zero-order chi connectivity index (χ0) is 27.3. The summed E-state index contributed by atoms with van der Waals surface area (Å²) in [6, 6.07) is 3.50. The van der Waals surface area contributed by atoms with Gasteiger partial charge in [0.25, 0.3) is 0 Å². The molecule has 0 fully saturated rings. The molecule has 0 saturated heterocycles. The molecule has 0 aliphatic rings. The van der Waals surface area contributed by atoms with Crippen LogP contribution in [-0.4, -0.2) is 75.7 Å². The van der Waals surface area contributed by atoms with Crippen LogP contribution in [0.25, 0.3) is 0 Å². The summed E-state index contributed by atoms with van der Waals surface area (Å²) in [6.07, 6.45) is -1.06. The van der Waals surface area contributed by atoms with Crippen molar-refractivity contribution in [3.8, 4) is 0 Å². The number of carbonyl (C=O) groups is 6. The van der Waals surface area contributed by atoms with Gasteiger partial charge in [0.2, 0.25) is 23.6 Å². The van der Waals surface area contributed by atoms with Gasteiger partial charge in [-0.05, 0) is 18.4 Å². The number of nitrogens with two attached hydrogens (primary N) is 2. The first-order valence-corrected chi connectivity index (χ1v) is 11.6. The maximum Gasteiger partial charge on any atom is 0.326 e. The zero-order valence-electron chi connectivity index (χ0n) is 19.4. The second-order valence-electron chi connectivity index (χ2n) is 7.94. The van der Waals surface area contributed by atoms with Gasteiger partial charge in [-0.15, -0.1) is 0 Å². The standard InChI is InChI=1S/C22H31N5O8S/c23-13(6-9-18(29)30)19(31)25-14(7-8-17(24)28)20(32)27-16(11-36)21(33)26-15(22(34)35)10-12-4-2-1-3-5-12/h1-5,13-16,36H,6-11,23H2,(H2,24,28)(H,25,31)(H,26,33)(H,27,32)(H,29,30)(H,34,35). The fourth-order valence-corrected chi connectivity index (χ4v) is 3.29. The molecule has 4 unspecified atom stereocenters. The Morgan fingerprint density at radius 3 is 1.89 bits per heavy atom. The minimum atomic E-state index is -1.32. The van der Waals surface area contributed by atoms with Crippen molar-refractivity contribution in [2.24, 2.45) is 11.5 Å². The van der Waals surface area contributed by atoms with Gasteiger partial charge in [0.1, 0.15) is 18.1 Å². The number of benzene rings is 1. The third-order valence-electron chi connectivity index (χ3n) is 5.03. The molecule has 4 atom stereocenters. The van der Waals surface area contributed by atoms with Gasteiger partial charge in [0.05, 0.1) is 6.04 Å². The van der Waals surface area contributed by atoms with E-state index in [1.54, 1.807) is 30.3 Å². The number of hydrogen-bond donors (Lipinski definition) is 8. The lowest BCUT2D eigenvalue weighted by atomic mass is 10.1. The second kappa shape index (κ2) is 15.4. The van der Waals surface area contributed by atoms with Crippen molar-refractivity contribution in [1.29, 1.82) is 0 Å². The number of carboxylic acid groups (broad SMARTS) is 2. The summed E-state index contributed by atoms with van der Waals surface area (Å²) in [7, 11) is 0. The van der Waals surface area contributed by atoms with Crippen LogP contribution in [0.4, 0.5) is 0 Å². The molecule has 9 N–H and O–H groups in total. The summed E-state index contributed by atoms with van der Waals surface area (Å²) in [4.78, 5) is 71.4. The van der Waals surface area contributed by atoms with Crippen molar-refractivity contribution in [3.05, 3.63) is 35.9 Å². The number of thiol groups is 1. The molecule has 1 rings (SSSR count). The first-order chi connectivity index (χ1) is 16.9. The zero-order valence-corrected chi connectivity index (χ0v) is 20.3. The van der Waals surface area contributed by atoms with Crippen LogP contribution in [0.3, 0.4) is 0 Å². The van der Waals surface area contributed by atoms with E-state index in [9.17, 15) is 33.9 Å². The number of aliphatic carboxylic acids is 2. The highest BCUT2D eigenvalue weighted by Gasteiger charge is 2.30. The number of carbonyl (C=O) groups excluding carboxylic acids is 4. The Labute approximate surface area is 212 Å². The van der Waals surface area contributed by atoms with E-state index in [-0.39, 0.29) is 37.9 Å². The van der Waals surface area contributed by atoms with Crippen molar-refractivity contribution in [2.75, 3.05) is 5.75 Å². The molecule has 1 aromatic carbocycles. The summed E-state index contributed by atoms with van der Waals surface area (Å²) in [5, 5.41) is 25.3. The summed E-state index contributed by atoms with van der Waals surface area (Å²) < 4.78 is 0. The Bertz CT molecular complexity index is 946. The third kappa shape index (κ3) is 11.2. The molecule has 0 saturated carbocycles. The highest BCUT2D eigenvalue weighted by Crippen LogP contribution is 2.06. The van der Waals surface area contributed by atoms with Crippen LogP contribution in [0.1, 0.15) is 31.2 Å². The molecule has 36 heavy (non-hydrogen) atoms. The van der Waals surface area contributed by atoms with Gasteiger partial charge in [0, 0.05) is 25.0 Å². The topological polar surface area (TPSA) is 231 Å². The lowest BCUT2D eigenvalue weighted by Crippen LogP contribution is -2.58.